The van der Waals surface area contributed by atoms with Crippen molar-refractivity contribution in [3.8, 4) is 5.75 Å². The molecule has 0 bridgehead atoms. The van der Waals surface area contributed by atoms with E-state index in [0.717, 1.165) is 4.68 Å². The van der Waals surface area contributed by atoms with Crippen molar-refractivity contribution in [1.29, 1.82) is 0 Å². The number of nitrogens with zero attached hydrogens (tertiary/aromatic N) is 3. The number of anilines is 3. The first kappa shape index (κ1) is 20.1. The lowest BCUT2D eigenvalue weighted by atomic mass is 10.2. The van der Waals surface area contributed by atoms with Gasteiger partial charge in [0.25, 0.3) is 5.91 Å². The van der Waals surface area contributed by atoms with Gasteiger partial charge in [-0.3, -0.25) is 9.59 Å². The van der Waals surface area contributed by atoms with Gasteiger partial charge in [-0.25, -0.2) is 9.07 Å². The van der Waals surface area contributed by atoms with E-state index in [0.29, 0.717) is 16.5 Å². The minimum absolute atomic E-state index is 0.0159. The number of nitrogens with two attached hydrogens (primary N) is 1. The zero-order chi connectivity index (χ0) is 21.0. The molecule has 0 aliphatic carbocycles. The van der Waals surface area contributed by atoms with Gasteiger partial charge in [0, 0.05) is 5.02 Å². The van der Waals surface area contributed by atoms with Crippen molar-refractivity contribution in [1.82, 2.24) is 15.0 Å². The van der Waals surface area contributed by atoms with Crippen molar-refractivity contribution < 1.29 is 18.7 Å². The summed E-state index contributed by atoms with van der Waals surface area (Å²) in [6.07, 6.45) is 0. The molecule has 4 N–H and O–H groups in total. The number of aromatic nitrogens is 3. The first-order chi connectivity index (χ1) is 13.9. The quantitative estimate of drug-likeness (QED) is 0.565. The third kappa shape index (κ3) is 4.61. The molecule has 1 heterocycles. The monoisotopic (exact) mass is 418 g/mol. The molecule has 0 aliphatic heterocycles. The van der Waals surface area contributed by atoms with Crippen molar-refractivity contribution >= 4 is 40.6 Å². The van der Waals surface area contributed by atoms with Gasteiger partial charge in [0.05, 0.1) is 18.5 Å². The SMILES string of the molecule is COc1ccc(Cl)cc1NC(=O)c1nnn(CC(=O)Nc2ccccc2F)c1N. The molecule has 2 amide bonds. The van der Waals surface area contributed by atoms with Crippen LogP contribution in [0.3, 0.4) is 0 Å². The number of hydrogen-bond acceptors (Lipinski definition) is 6. The van der Waals surface area contributed by atoms with Gasteiger partial charge in [-0.1, -0.05) is 28.9 Å². The van der Waals surface area contributed by atoms with E-state index in [1.54, 1.807) is 18.2 Å². The Kier molecular flexibility index (Phi) is 5.93. The van der Waals surface area contributed by atoms with Gasteiger partial charge < -0.3 is 21.1 Å². The largest absolute Gasteiger partial charge is 0.495 e. The van der Waals surface area contributed by atoms with E-state index in [1.807, 2.05) is 0 Å². The highest BCUT2D eigenvalue weighted by molar-refractivity contribution is 6.31. The summed E-state index contributed by atoms with van der Waals surface area (Å²) in [7, 11) is 1.44. The maximum absolute atomic E-state index is 13.6. The maximum Gasteiger partial charge on any atom is 0.280 e. The number of carbonyl (C=O) groups excluding carboxylic acids is 2. The normalized spacial score (nSPS) is 10.4. The fraction of sp³-hybridized carbons (Fsp3) is 0.111. The van der Waals surface area contributed by atoms with E-state index in [-0.39, 0.29) is 23.7 Å². The van der Waals surface area contributed by atoms with Crippen LogP contribution in [0.5, 0.6) is 5.75 Å². The molecule has 0 atom stereocenters. The Labute approximate surface area is 169 Å². The molecular weight excluding hydrogens is 403 g/mol. The van der Waals surface area contributed by atoms with E-state index in [2.05, 4.69) is 20.9 Å². The molecule has 0 saturated heterocycles. The van der Waals surface area contributed by atoms with Crippen molar-refractivity contribution in [3.05, 3.63) is 59.0 Å². The van der Waals surface area contributed by atoms with Gasteiger partial charge >= 0.3 is 0 Å². The summed E-state index contributed by atoms with van der Waals surface area (Å²) < 4.78 is 19.8. The maximum atomic E-state index is 13.6. The highest BCUT2D eigenvalue weighted by Gasteiger charge is 2.20. The van der Waals surface area contributed by atoms with E-state index in [9.17, 15) is 14.0 Å². The van der Waals surface area contributed by atoms with Crippen molar-refractivity contribution in [2.75, 3.05) is 23.5 Å². The highest BCUT2D eigenvalue weighted by atomic mass is 35.5. The summed E-state index contributed by atoms with van der Waals surface area (Å²) in [5.41, 5.74) is 6.04. The molecule has 0 saturated carbocycles. The number of nitrogen functional groups attached to an aromatic ring is 1. The lowest BCUT2D eigenvalue weighted by molar-refractivity contribution is -0.116. The van der Waals surface area contributed by atoms with Crippen molar-refractivity contribution in [2.24, 2.45) is 0 Å². The van der Waals surface area contributed by atoms with Crippen LogP contribution in [0.15, 0.2) is 42.5 Å². The van der Waals surface area contributed by atoms with Gasteiger partial charge in [0.15, 0.2) is 11.5 Å². The zero-order valence-electron chi connectivity index (χ0n) is 15.1. The van der Waals surface area contributed by atoms with Crippen LogP contribution >= 0.6 is 11.6 Å². The number of nitrogens with one attached hydrogen (secondary N) is 2. The summed E-state index contributed by atoms with van der Waals surface area (Å²) in [5, 5.41) is 12.8. The number of methoxy groups -OCH3 is 1. The number of halogens is 2. The van der Waals surface area contributed by atoms with Crippen LogP contribution in [0.2, 0.25) is 5.02 Å². The number of para-hydroxylation sites is 1. The van der Waals surface area contributed by atoms with Crippen LogP contribution in [-0.4, -0.2) is 33.9 Å². The topological polar surface area (TPSA) is 124 Å². The molecule has 2 aromatic carbocycles. The van der Waals surface area contributed by atoms with E-state index in [1.165, 1.54) is 31.4 Å². The highest BCUT2D eigenvalue weighted by Crippen LogP contribution is 2.28. The van der Waals surface area contributed by atoms with Crippen molar-refractivity contribution in [2.45, 2.75) is 6.54 Å². The summed E-state index contributed by atoms with van der Waals surface area (Å²) in [6, 6.07) is 10.4. The molecule has 0 aliphatic rings. The van der Waals surface area contributed by atoms with Gasteiger partial charge in [-0.2, -0.15) is 0 Å². The van der Waals surface area contributed by atoms with E-state index >= 15 is 0 Å². The predicted octanol–water partition coefficient (Wildman–Crippen LogP) is 2.55. The number of benzene rings is 2. The Bertz CT molecular complexity index is 1070. The van der Waals surface area contributed by atoms with Gasteiger partial charge in [0.1, 0.15) is 18.1 Å². The molecule has 3 rings (SSSR count). The lowest BCUT2D eigenvalue weighted by Gasteiger charge is -2.10. The predicted molar refractivity (Wildman–Crippen MR) is 105 cm³/mol. The first-order valence-electron chi connectivity index (χ1n) is 8.27. The second-order valence-corrected chi connectivity index (χ2v) is 6.24. The summed E-state index contributed by atoms with van der Waals surface area (Å²) >= 11 is 5.94. The molecule has 29 heavy (non-hydrogen) atoms. The number of carbonyl (C=O) groups is 2. The Balaban J connectivity index is 1.72. The molecule has 150 valence electrons. The Morgan fingerprint density at radius 2 is 1.97 bits per heavy atom. The first-order valence-corrected chi connectivity index (χ1v) is 8.65. The second-order valence-electron chi connectivity index (χ2n) is 5.81. The Morgan fingerprint density at radius 3 is 2.69 bits per heavy atom. The number of hydrogen-bond donors (Lipinski definition) is 3. The summed E-state index contributed by atoms with van der Waals surface area (Å²) in [6.45, 7) is -0.360. The molecule has 0 radical (unpaired) electrons. The number of rotatable bonds is 6. The smallest absolute Gasteiger partial charge is 0.280 e. The van der Waals surface area contributed by atoms with Crippen LogP contribution in [0.25, 0.3) is 0 Å². The minimum atomic E-state index is -0.663. The summed E-state index contributed by atoms with van der Waals surface area (Å²) in [5.74, 6) is -1.58. The standard InChI is InChI=1S/C18H16ClFN6O3/c1-29-14-7-6-10(19)8-13(14)23-18(28)16-17(21)26(25-24-16)9-15(27)22-12-5-3-2-4-11(12)20/h2-8H,9,21H2,1H3,(H,22,27)(H,23,28). The van der Waals surface area contributed by atoms with Crippen LogP contribution in [0.1, 0.15) is 10.5 Å². The second kappa shape index (κ2) is 8.57. The fourth-order valence-electron chi connectivity index (χ4n) is 2.45. The van der Waals surface area contributed by atoms with Crippen LogP contribution in [0.4, 0.5) is 21.6 Å². The van der Waals surface area contributed by atoms with Crippen LogP contribution in [-0.2, 0) is 11.3 Å². The van der Waals surface area contributed by atoms with Crippen LogP contribution < -0.4 is 21.1 Å². The molecular formula is C18H16ClFN6O3. The van der Waals surface area contributed by atoms with Gasteiger partial charge in [-0.05, 0) is 30.3 Å². The molecule has 11 heteroatoms. The van der Waals surface area contributed by atoms with Gasteiger partial charge in [-0.15, -0.1) is 5.10 Å². The Hall–Kier alpha value is -3.66. The fourth-order valence-corrected chi connectivity index (χ4v) is 2.62. The average Bonchev–Trinajstić information content (AvgIpc) is 3.04. The zero-order valence-corrected chi connectivity index (χ0v) is 15.9. The molecule has 9 nitrogen and oxygen atoms in total. The van der Waals surface area contributed by atoms with Crippen LogP contribution in [0, 0.1) is 5.82 Å². The van der Waals surface area contributed by atoms with Gasteiger partial charge in [0.2, 0.25) is 5.91 Å². The molecule has 3 aromatic rings. The number of ether oxygens (including phenoxy) is 1. The summed E-state index contributed by atoms with van der Waals surface area (Å²) in [4.78, 5) is 24.6. The van der Waals surface area contributed by atoms with Crippen molar-refractivity contribution in [3.63, 3.8) is 0 Å². The Morgan fingerprint density at radius 1 is 1.21 bits per heavy atom. The molecule has 0 unspecified atom stereocenters. The average molecular weight is 419 g/mol. The third-order valence-corrected chi connectivity index (χ3v) is 4.07. The third-order valence-electron chi connectivity index (χ3n) is 3.84. The van der Waals surface area contributed by atoms with E-state index < -0.39 is 17.6 Å². The molecule has 1 aromatic heterocycles. The minimum Gasteiger partial charge on any atom is -0.495 e. The number of amides is 2. The molecule has 0 spiro atoms. The molecule has 0 fully saturated rings. The lowest BCUT2D eigenvalue weighted by Crippen LogP contribution is -2.22. The van der Waals surface area contributed by atoms with E-state index in [4.69, 9.17) is 22.1 Å².